The molecule has 0 amide bonds. The summed E-state index contributed by atoms with van der Waals surface area (Å²) < 4.78 is 16.7. The van der Waals surface area contributed by atoms with Gasteiger partial charge in [0, 0.05) is 38.8 Å². The minimum absolute atomic E-state index is 0. The number of ether oxygens (including phenoxy) is 3. The molecule has 0 aromatic heterocycles. The van der Waals surface area contributed by atoms with Crippen LogP contribution in [0.2, 0.25) is 0 Å². The predicted octanol–water partition coefficient (Wildman–Crippen LogP) is 4.56. The van der Waals surface area contributed by atoms with E-state index in [0.717, 1.165) is 69.4 Å². The molecule has 2 aromatic rings. The van der Waals surface area contributed by atoms with Gasteiger partial charge in [0.1, 0.15) is 0 Å². The van der Waals surface area contributed by atoms with Crippen LogP contribution in [0.5, 0.6) is 11.5 Å². The Balaban J connectivity index is 0.00000385. The molecule has 0 atom stereocenters. The van der Waals surface area contributed by atoms with E-state index in [2.05, 4.69) is 58.1 Å². The van der Waals surface area contributed by atoms with E-state index in [1.54, 1.807) is 7.11 Å². The second kappa shape index (κ2) is 14.3. The summed E-state index contributed by atoms with van der Waals surface area (Å²) in [4.78, 5) is 4.43. The van der Waals surface area contributed by atoms with Crippen molar-refractivity contribution in [2.75, 3.05) is 47.1 Å². The second-order valence-electron chi connectivity index (χ2n) is 8.13. The second-order valence-corrected chi connectivity index (χ2v) is 8.13. The topological polar surface area (TPSA) is 64.1 Å². The highest BCUT2D eigenvalue weighted by atomic mass is 127. The van der Waals surface area contributed by atoms with Crippen molar-refractivity contribution in [3.05, 3.63) is 59.7 Å². The zero-order chi connectivity index (χ0) is 22.7. The van der Waals surface area contributed by atoms with Gasteiger partial charge in [-0.2, -0.15) is 0 Å². The third-order valence-electron chi connectivity index (χ3n) is 6.12. The van der Waals surface area contributed by atoms with Crippen molar-refractivity contribution < 1.29 is 14.2 Å². The molecule has 1 saturated heterocycles. The third-order valence-corrected chi connectivity index (χ3v) is 6.12. The summed E-state index contributed by atoms with van der Waals surface area (Å²) in [5.41, 5.74) is 2.69. The maximum atomic E-state index is 5.69. The highest BCUT2D eigenvalue weighted by molar-refractivity contribution is 14.0. The first kappa shape index (κ1) is 27.2. The van der Waals surface area contributed by atoms with E-state index in [0.29, 0.717) is 6.61 Å². The maximum absolute atomic E-state index is 5.69. The molecule has 1 aliphatic rings. The summed E-state index contributed by atoms with van der Waals surface area (Å²) in [7, 11) is 3.49. The molecule has 0 unspecified atom stereocenters. The fraction of sp³-hybridized carbons (Fsp3) is 0.500. The lowest BCUT2D eigenvalue weighted by Crippen LogP contribution is -2.48. The molecule has 2 N–H and O–H groups in total. The van der Waals surface area contributed by atoms with Gasteiger partial charge in [0.25, 0.3) is 0 Å². The number of hydrogen-bond donors (Lipinski definition) is 2. The van der Waals surface area contributed by atoms with Crippen LogP contribution in [0.1, 0.15) is 37.3 Å². The summed E-state index contributed by atoms with van der Waals surface area (Å²) >= 11 is 0. The largest absolute Gasteiger partial charge is 0.493 e. The van der Waals surface area contributed by atoms with Crippen molar-refractivity contribution in [3.63, 3.8) is 0 Å². The van der Waals surface area contributed by atoms with E-state index < -0.39 is 0 Å². The molecule has 7 heteroatoms. The summed E-state index contributed by atoms with van der Waals surface area (Å²) in [6, 6.07) is 16.9. The Hall–Kier alpha value is -2.00. The molecule has 182 valence electrons. The molecule has 1 fully saturated rings. The minimum Gasteiger partial charge on any atom is -0.493 e. The Kier molecular flexibility index (Phi) is 11.8. The molecule has 1 heterocycles. The van der Waals surface area contributed by atoms with Gasteiger partial charge in [0.15, 0.2) is 17.5 Å². The van der Waals surface area contributed by atoms with Gasteiger partial charge in [-0.25, -0.2) is 0 Å². The smallest absolute Gasteiger partial charge is 0.191 e. The van der Waals surface area contributed by atoms with Crippen molar-refractivity contribution in [2.24, 2.45) is 4.99 Å². The van der Waals surface area contributed by atoms with Gasteiger partial charge in [0.05, 0.1) is 13.7 Å². The van der Waals surface area contributed by atoms with E-state index >= 15 is 0 Å². The summed E-state index contributed by atoms with van der Waals surface area (Å²) in [6.07, 6.45) is 3.98. The Morgan fingerprint density at radius 1 is 1.06 bits per heavy atom. The van der Waals surface area contributed by atoms with Crippen LogP contribution in [0.4, 0.5) is 0 Å². The van der Waals surface area contributed by atoms with E-state index in [1.165, 1.54) is 11.1 Å². The fourth-order valence-corrected chi connectivity index (χ4v) is 4.24. The van der Waals surface area contributed by atoms with Crippen LogP contribution < -0.4 is 20.1 Å². The monoisotopic (exact) mass is 567 g/mol. The molecular formula is C26H38IN3O3. The quantitative estimate of drug-likeness (QED) is 0.191. The highest BCUT2D eigenvalue weighted by Crippen LogP contribution is 2.34. The van der Waals surface area contributed by atoms with E-state index in [4.69, 9.17) is 14.2 Å². The Morgan fingerprint density at radius 2 is 1.82 bits per heavy atom. The van der Waals surface area contributed by atoms with Gasteiger partial charge in [0.2, 0.25) is 0 Å². The third kappa shape index (κ3) is 7.78. The number of nitrogens with one attached hydrogen (secondary N) is 2. The zero-order valence-corrected chi connectivity index (χ0v) is 22.4. The first-order chi connectivity index (χ1) is 15.7. The number of nitrogens with zero attached hydrogens (tertiary/aromatic N) is 1. The van der Waals surface area contributed by atoms with Gasteiger partial charge >= 0.3 is 0 Å². The van der Waals surface area contributed by atoms with Crippen LogP contribution in [0.15, 0.2) is 53.5 Å². The van der Waals surface area contributed by atoms with Gasteiger partial charge in [-0.1, -0.05) is 36.4 Å². The molecule has 33 heavy (non-hydrogen) atoms. The predicted molar refractivity (Wildman–Crippen MR) is 145 cm³/mol. The normalized spacial score (nSPS) is 15.3. The molecule has 0 aliphatic carbocycles. The molecule has 0 radical (unpaired) electrons. The molecule has 2 aromatic carbocycles. The average molecular weight is 568 g/mol. The van der Waals surface area contributed by atoms with E-state index in [-0.39, 0.29) is 29.4 Å². The average Bonchev–Trinajstić information content (AvgIpc) is 2.85. The molecule has 0 spiro atoms. The van der Waals surface area contributed by atoms with Crippen LogP contribution in [-0.2, 0) is 16.6 Å². The molecule has 0 bridgehead atoms. The minimum atomic E-state index is 0. The lowest BCUT2D eigenvalue weighted by Gasteiger charge is -2.38. The van der Waals surface area contributed by atoms with Crippen LogP contribution in [0, 0.1) is 0 Å². The number of methoxy groups -OCH3 is 1. The first-order valence-corrected chi connectivity index (χ1v) is 11.6. The summed E-state index contributed by atoms with van der Waals surface area (Å²) in [6.45, 7) is 5.90. The maximum Gasteiger partial charge on any atom is 0.191 e. The number of halogens is 1. The zero-order valence-electron chi connectivity index (χ0n) is 20.1. The van der Waals surface area contributed by atoms with Crippen LogP contribution in [-0.4, -0.2) is 53.0 Å². The number of benzene rings is 2. The summed E-state index contributed by atoms with van der Waals surface area (Å²) in [5.74, 6) is 2.43. The van der Waals surface area contributed by atoms with Crippen molar-refractivity contribution in [2.45, 2.75) is 38.0 Å². The van der Waals surface area contributed by atoms with E-state index in [1.807, 2.05) is 20.0 Å². The van der Waals surface area contributed by atoms with Gasteiger partial charge in [-0.15, -0.1) is 24.0 Å². The van der Waals surface area contributed by atoms with Crippen molar-refractivity contribution in [1.29, 1.82) is 0 Å². The van der Waals surface area contributed by atoms with Gasteiger partial charge in [-0.3, -0.25) is 4.99 Å². The van der Waals surface area contributed by atoms with Crippen LogP contribution in [0.25, 0.3) is 0 Å². The Bertz CT molecular complexity index is 855. The van der Waals surface area contributed by atoms with Crippen molar-refractivity contribution >= 4 is 29.9 Å². The number of hydrogen-bond acceptors (Lipinski definition) is 4. The standard InChI is InChI=1S/C26H37N3O3.HI/c1-4-32-24-19-21(12-13-23(24)30-3)9-8-16-28-25(27-2)29-20-26(14-17-31-18-15-26)22-10-6-5-7-11-22;/h5-7,10-13,19H,4,8-9,14-18,20H2,1-3H3,(H2,27,28,29);1H. The number of rotatable bonds is 10. The Morgan fingerprint density at radius 3 is 2.48 bits per heavy atom. The lowest BCUT2D eigenvalue weighted by molar-refractivity contribution is 0.0514. The highest BCUT2D eigenvalue weighted by Gasteiger charge is 2.34. The van der Waals surface area contributed by atoms with Crippen LogP contribution >= 0.6 is 24.0 Å². The van der Waals surface area contributed by atoms with Gasteiger partial charge < -0.3 is 24.8 Å². The number of aryl methyl sites for hydroxylation is 1. The molecule has 3 rings (SSSR count). The molecule has 1 aliphatic heterocycles. The number of aliphatic imine (C=N–C) groups is 1. The van der Waals surface area contributed by atoms with Crippen molar-refractivity contribution in [3.8, 4) is 11.5 Å². The van der Waals surface area contributed by atoms with Crippen LogP contribution in [0.3, 0.4) is 0 Å². The Labute approximate surface area is 215 Å². The molecular weight excluding hydrogens is 529 g/mol. The number of guanidine groups is 1. The summed E-state index contributed by atoms with van der Waals surface area (Å²) in [5, 5.41) is 7.03. The van der Waals surface area contributed by atoms with Gasteiger partial charge in [-0.05, 0) is 55.9 Å². The van der Waals surface area contributed by atoms with Crippen molar-refractivity contribution in [1.82, 2.24) is 10.6 Å². The molecule has 6 nitrogen and oxygen atoms in total. The van der Waals surface area contributed by atoms with E-state index in [9.17, 15) is 0 Å². The first-order valence-electron chi connectivity index (χ1n) is 11.6. The fourth-order valence-electron chi connectivity index (χ4n) is 4.24. The molecule has 0 saturated carbocycles. The SMILES string of the molecule is CCOc1cc(CCCNC(=NC)NCC2(c3ccccc3)CCOCC2)ccc1OC.I. The lowest BCUT2D eigenvalue weighted by atomic mass is 9.74.